The van der Waals surface area contributed by atoms with Crippen molar-refractivity contribution < 1.29 is 4.79 Å². The van der Waals surface area contributed by atoms with Crippen LogP contribution in [0.3, 0.4) is 0 Å². The van der Waals surface area contributed by atoms with E-state index in [-0.39, 0.29) is 5.91 Å². The summed E-state index contributed by atoms with van der Waals surface area (Å²) in [6, 6.07) is 11.7. The standard InChI is InChI=1S/C17H15N3OS/c21-17(16-10-12-4-2-6-15(12)22-16)19-13-5-1-3-11(9-13)14-7-8-18-20-14/h1,3,5,7-10H,2,4,6H2,(H,18,20)(H,19,21). The fourth-order valence-electron chi connectivity index (χ4n) is 2.81. The molecule has 0 atom stereocenters. The third-order valence-electron chi connectivity index (χ3n) is 3.90. The quantitative estimate of drug-likeness (QED) is 0.771. The number of aromatic nitrogens is 2. The molecule has 22 heavy (non-hydrogen) atoms. The number of aromatic amines is 1. The number of aryl methyl sites for hydroxylation is 2. The molecule has 0 unspecified atom stereocenters. The van der Waals surface area contributed by atoms with E-state index < -0.39 is 0 Å². The van der Waals surface area contributed by atoms with E-state index in [2.05, 4.69) is 15.5 Å². The van der Waals surface area contributed by atoms with Gasteiger partial charge in [0.1, 0.15) is 0 Å². The van der Waals surface area contributed by atoms with Gasteiger partial charge in [-0.1, -0.05) is 12.1 Å². The van der Waals surface area contributed by atoms with Crippen molar-refractivity contribution in [1.82, 2.24) is 10.2 Å². The van der Waals surface area contributed by atoms with Crippen LogP contribution in [0.1, 0.15) is 26.5 Å². The van der Waals surface area contributed by atoms with E-state index in [0.29, 0.717) is 0 Å². The lowest BCUT2D eigenvalue weighted by atomic mass is 10.1. The fraction of sp³-hybridized carbons (Fsp3) is 0.176. The molecule has 2 aromatic heterocycles. The minimum atomic E-state index is -0.0267. The predicted octanol–water partition coefficient (Wildman–Crippen LogP) is 3.88. The Balaban J connectivity index is 1.55. The Morgan fingerprint density at radius 3 is 3.00 bits per heavy atom. The van der Waals surface area contributed by atoms with Crippen LogP contribution < -0.4 is 5.32 Å². The number of thiophene rings is 1. The minimum absolute atomic E-state index is 0.0267. The summed E-state index contributed by atoms with van der Waals surface area (Å²) in [7, 11) is 0. The summed E-state index contributed by atoms with van der Waals surface area (Å²) in [5.41, 5.74) is 4.09. The summed E-state index contributed by atoms with van der Waals surface area (Å²) >= 11 is 1.62. The van der Waals surface area contributed by atoms with Gasteiger partial charge in [0, 0.05) is 22.3 Å². The highest BCUT2D eigenvalue weighted by atomic mass is 32.1. The number of amides is 1. The lowest BCUT2D eigenvalue weighted by molar-refractivity contribution is 0.103. The molecule has 2 heterocycles. The van der Waals surface area contributed by atoms with E-state index in [0.717, 1.165) is 34.7 Å². The van der Waals surface area contributed by atoms with Crippen LogP contribution in [0.25, 0.3) is 11.3 Å². The van der Waals surface area contributed by atoms with Crippen LogP contribution in [-0.4, -0.2) is 16.1 Å². The van der Waals surface area contributed by atoms with Crippen LogP contribution in [0, 0.1) is 0 Å². The highest BCUT2D eigenvalue weighted by Crippen LogP contribution is 2.31. The monoisotopic (exact) mass is 309 g/mol. The average molecular weight is 309 g/mol. The van der Waals surface area contributed by atoms with Gasteiger partial charge in [0.05, 0.1) is 10.6 Å². The first-order valence-electron chi connectivity index (χ1n) is 7.32. The van der Waals surface area contributed by atoms with Gasteiger partial charge in [-0.2, -0.15) is 5.10 Å². The number of H-pyrrole nitrogens is 1. The van der Waals surface area contributed by atoms with Crippen molar-refractivity contribution in [2.75, 3.05) is 5.32 Å². The predicted molar refractivity (Wildman–Crippen MR) is 88.3 cm³/mol. The van der Waals surface area contributed by atoms with Gasteiger partial charge < -0.3 is 5.32 Å². The van der Waals surface area contributed by atoms with Crippen molar-refractivity contribution in [1.29, 1.82) is 0 Å². The molecule has 0 radical (unpaired) electrons. The van der Waals surface area contributed by atoms with Gasteiger partial charge in [0.25, 0.3) is 5.91 Å². The van der Waals surface area contributed by atoms with Crippen LogP contribution in [-0.2, 0) is 12.8 Å². The molecule has 0 saturated heterocycles. The molecule has 1 aliphatic carbocycles. The summed E-state index contributed by atoms with van der Waals surface area (Å²) in [5, 5.41) is 9.87. The second kappa shape index (κ2) is 5.42. The molecule has 2 N–H and O–H groups in total. The Labute approximate surface area is 132 Å². The van der Waals surface area contributed by atoms with Gasteiger partial charge in [0.2, 0.25) is 0 Å². The largest absolute Gasteiger partial charge is 0.321 e. The minimum Gasteiger partial charge on any atom is -0.321 e. The summed E-state index contributed by atoms with van der Waals surface area (Å²) < 4.78 is 0. The highest BCUT2D eigenvalue weighted by Gasteiger charge is 2.18. The van der Waals surface area contributed by atoms with E-state index in [1.54, 1.807) is 17.5 Å². The molecule has 4 nitrogen and oxygen atoms in total. The zero-order chi connectivity index (χ0) is 14.9. The van der Waals surface area contributed by atoms with Crippen LogP contribution in [0.2, 0.25) is 0 Å². The molecular formula is C17H15N3OS. The van der Waals surface area contributed by atoms with Crippen LogP contribution in [0.5, 0.6) is 0 Å². The second-order valence-corrected chi connectivity index (χ2v) is 6.55. The van der Waals surface area contributed by atoms with Gasteiger partial charge in [0.15, 0.2) is 0 Å². The molecule has 5 heteroatoms. The van der Waals surface area contributed by atoms with Crippen molar-refractivity contribution in [2.24, 2.45) is 0 Å². The van der Waals surface area contributed by atoms with Crippen LogP contribution >= 0.6 is 11.3 Å². The second-order valence-electron chi connectivity index (χ2n) is 5.42. The topological polar surface area (TPSA) is 57.8 Å². The number of hydrogen-bond acceptors (Lipinski definition) is 3. The zero-order valence-electron chi connectivity index (χ0n) is 11.9. The molecule has 0 saturated carbocycles. The van der Waals surface area contributed by atoms with Crippen LogP contribution in [0.15, 0.2) is 42.6 Å². The molecule has 0 bridgehead atoms. The molecule has 3 aromatic rings. The Bertz CT molecular complexity index is 799. The zero-order valence-corrected chi connectivity index (χ0v) is 12.7. The van der Waals surface area contributed by atoms with Gasteiger partial charge in [-0.15, -0.1) is 11.3 Å². The Kier molecular flexibility index (Phi) is 3.27. The maximum atomic E-state index is 12.4. The number of nitrogens with one attached hydrogen (secondary N) is 2. The number of hydrogen-bond donors (Lipinski definition) is 2. The number of benzene rings is 1. The molecule has 0 spiro atoms. The van der Waals surface area contributed by atoms with Crippen molar-refractivity contribution >= 4 is 22.9 Å². The molecule has 110 valence electrons. The van der Waals surface area contributed by atoms with E-state index in [4.69, 9.17) is 0 Å². The summed E-state index contributed by atoms with van der Waals surface area (Å²) in [4.78, 5) is 14.6. The molecule has 1 amide bonds. The first-order chi connectivity index (χ1) is 10.8. The Hall–Kier alpha value is -2.40. The Morgan fingerprint density at radius 2 is 2.18 bits per heavy atom. The lowest BCUT2D eigenvalue weighted by Crippen LogP contribution is -2.10. The maximum absolute atomic E-state index is 12.4. The highest BCUT2D eigenvalue weighted by molar-refractivity contribution is 7.14. The van der Waals surface area contributed by atoms with Crippen molar-refractivity contribution in [3.05, 3.63) is 57.9 Å². The smallest absolute Gasteiger partial charge is 0.265 e. The van der Waals surface area contributed by atoms with E-state index in [1.165, 1.54) is 16.9 Å². The number of fused-ring (bicyclic) bond motifs is 1. The molecule has 0 fully saturated rings. The lowest BCUT2D eigenvalue weighted by Gasteiger charge is -2.05. The number of rotatable bonds is 3. The average Bonchev–Trinajstić information content (AvgIpc) is 3.24. The first-order valence-corrected chi connectivity index (χ1v) is 8.14. The number of carbonyl (C=O) groups is 1. The molecule has 1 aliphatic rings. The summed E-state index contributed by atoms with van der Waals surface area (Å²) in [6.45, 7) is 0. The molecule has 1 aromatic carbocycles. The van der Waals surface area contributed by atoms with Crippen molar-refractivity contribution in [2.45, 2.75) is 19.3 Å². The van der Waals surface area contributed by atoms with E-state index in [9.17, 15) is 4.79 Å². The number of nitrogens with zero attached hydrogens (tertiary/aromatic N) is 1. The summed E-state index contributed by atoms with van der Waals surface area (Å²) in [5.74, 6) is -0.0267. The van der Waals surface area contributed by atoms with Crippen molar-refractivity contribution in [3.8, 4) is 11.3 Å². The van der Waals surface area contributed by atoms with Crippen LogP contribution in [0.4, 0.5) is 5.69 Å². The maximum Gasteiger partial charge on any atom is 0.265 e. The fourth-order valence-corrected chi connectivity index (χ4v) is 3.96. The van der Waals surface area contributed by atoms with E-state index in [1.807, 2.05) is 36.4 Å². The SMILES string of the molecule is O=C(Nc1cccc(-c2ccn[nH]2)c1)c1cc2c(s1)CCC2. The van der Waals surface area contributed by atoms with Gasteiger partial charge >= 0.3 is 0 Å². The molecular weight excluding hydrogens is 294 g/mol. The van der Waals surface area contributed by atoms with Gasteiger partial charge in [-0.25, -0.2) is 0 Å². The van der Waals surface area contributed by atoms with Crippen molar-refractivity contribution in [3.63, 3.8) is 0 Å². The van der Waals surface area contributed by atoms with Gasteiger partial charge in [-0.3, -0.25) is 9.89 Å². The molecule has 0 aliphatic heterocycles. The third kappa shape index (κ3) is 2.44. The first kappa shape index (κ1) is 13.3. The summed E-state index contributed by atoms with van der Waals surface area (Å²) in [6.07, 6.45) is 5.15. The Morgan fingerprint density at radius 1 is 1.23 bits per heavy atom. The molecule has 4 rings (SSSR count). The number of anilines is 1. The van der Waals surface area contributed by atoms with Gasteiger partial charge in [-0.05, 0) is 49.1 Å². The normalized spacial score (nSPS) is 13.1. The number of carbonyl (C=O) groups excluding carboxylic acids is 1. The third-order valence-corrected chi connectivity index (χ3v) is 5.14. The van der Waals surface area contributed by atoms with E-state index >= 15 is 0 Å².